The summed E-state index contributed by atoms with van der Waals surface area (Å²) in [6.45, 7) is 3.84. The molecule has 0 saturated carbocycles. The van der Waals surface area contributed by atoms with E-state index in [2.05, 4.69) is 58.9 Å². The summed E-state index contributed by atoms with van der Waals surface area (Å²) in [4.78, 5) is 0. The highest BCUT2D eigenvalue weighted by atomic mass is 79.9. The van der Waals surface area contributed by atoms with E-state index in [1.165, 1.54) is 11.1 Å². The normalized spacial score (nSPS) is 9.93. The van der Waals surface area contributed by atoms with Crippen LogP contribution in [0.25, 0.3) is 15.6 Å². The summed E-state index contributed by atoms with van der Waals surface area (Å²) in [5, 5.41) is 0. The Morgan fingerprint density at radius 3 is 1.87 bits per heavy atom. The minimum atomic E-state index is 0.919. The molecule has 0 aromatic heterocycles. The molecule has 0 unspecified atom stereocenters. The molecule has 0 aliphatic heterocycles. The molecule has 0 N–H and O–H groups in total. The van der Waals surface area contributed by atoms with E-state index in [-0.39, 0.29) is 0 Å². The topological polar surface area (TPSA) is 0 Å². The Bertz CT molecular complexity index is 454. The summed E-state index contributed by atoms with van der Waals surface area (Å²) in [6, 6.07) is 18.7. The standard InChI is InChI=1S/C14H11Br/c1-11(15)12-7-9-14(10-8-12)13-5-3-2-4-6-13/h2-10H,1H2. The van der Waals surface area contributed by atoms with Crippen molar-refractivity contribution in [2.24, 2.45) is 0 Å². The van der Waals surface area contributed by atoms with Crippen LogP contribution in [0.2, 0.25) is 0 Å². The van der Waals surface area contributed by atoms with Gasteiger partial charge in [0.25, 0.3) is 0 Å². The summed E-state index contributed by atoms with van der Waals surface area (Å²) in [5.41, 5.74) is 3.59. The van der Waals surface area contributed by atoms with Crippen molar-refractivity contribution >= 4 is 20.4 Å². The Morgan fingerprint density at radius 2 is 1.33 bits per heavy atom. The largest absolute Gasteiger partial charge is 0.0841 e. The fourth-order valence-electron chi connectivity index (χ4n) is 1.47. The van der Waals surface area contributed by atoms with Crippen LogP contribution in [0, 0.1) is 0 Å². The van der Waals surface area contributed by atoms with E-state index in [9.17, 15) is 0 Å². The molecule has 1 heteroatoms. The summed E-state index contributed by atoms with van der Waals surface area (Å²) >= 11 is 3.37. The summed E-state index contributed by atoms with van der Waals surface area (Å²) < 4.78 is 0.919. The number of hydrogen-bond acceptors (Lipinski definition) is 0. The van der Waals surface area contributed by atoms with Crippen LogP contribution in [0.1, 0.15) is 5.56 Å². The van der Waals surface area contributed by atoms with Gasteiger partial charge in [0.1, 0.15) is 0 Å². The Morgan fingerprint density at radius 1 is 0.800 bits per heavy atom. The van der Waals surface area contributed by atoms with Crippen LogP contribution in [0.5, 0.6) is 0 Å². The SMILES string of the molecule is C=C(Br)c1ccc(-c2ccccc2)cc1. The zero-order valence-corrected chi connectivity index (χ0v) is 9.87. The highest BCUT2D eigenvalue weighted by Crippen LogP contribution is 2.23. The van der Waals surface area contributed by atoms with E-state index < -0.39 is 0 Å². The van der Waals surface area contributed by atoms with Crippen molar-refractivity contribution in [2.75, 3.05) is 0 Å². The van der Waals surface area contributed by atoms with Crippen molar-refractivity contribution in [3.63, 3.8) is 0 Å². The first-order chi connectivity index (χ1) is 7.27. The Labute approximate surface area is 98.4 Å². The van der Waals surface area contributed by atoms with E-state index in [4.69, 9.17) is 0 Å². The summed E-state index contributed by atoms with van der Waals surface area (Å²) in [5.74, 6) is 0. The molecule has 0 atom stereocenters. The molecule has 0 fully saturated rings. The maximum absolute atomic E-state index is 3.84. The quantitative estimate of drug-likeness (QED) is 0.732. The Kier molecular flexibility index (Phi) is 3.02. The maximum Gasteiger partial charge on any atom is 0.0175 e. The van der Waals surface area contributed by atoms with Gasteiger partial charge in [0, 0.05) is 4.48 Å². The smallest absolute Gasteiger partial charge is 0.0175 e. The van der Waals surface area contributed by atoms with Crippen LogP contribution >= 0.6 is 15.9 Å². The second-order valence-electron chi connectivity index (χ2n) is 3.35. The first-order valence-electron chi connectivity index (χ1n) is 4.77. The molecule has 0 bridgehead atoms. The first kappa shape index (κ1) is 10.2. The number of benzene rings is 2. The van der Waals surface area contributed by atoms with E-state index in [1.807, 2.05) is 18.2 Å². The fraction of sp³-hybridized carbons (Fsp3) is 0. The zero-order chi connectivity index (χ0) is 10.7. The van der Waals surface area contributed by atoms with E-state index in [0.29, 0.717) is 0 Å². The summed E-state index contributed by atoms with van der Waals surface area (Å²) in [6.07, 6.45) is 0. The lowest BCUT2D eigenvalue weighted by atomic mass is 10.0. The van der Waals surface area contributed by atoms with Crippen LogP contribution < -0.4 is 0 Å². The van der Waals surface area contributed by atoms with Gasteiger partial charge >= 0.3 is 0 Å². The molecule has 0 aliphatic rings. The third-order valence-electron chi connectivity index (χ3n) is 2.31. The van der Waals surface area contributed by atoms with Gasteiger partial charge in [-0.25, -0.2) is 0 Å². The first-order valence-corrected chi connectivity index (χ1v) is 5.57. The minimum absolute atomic E-state index is 0.919. The minimum Gasteiger partial charge on any atom is -0.0841 e. The highest BCUT2D eigenvalue weighted by Gasteiger charge is 1.97. The van der Waals surface area contributed by atoms with Gasteiger partial charge in [-0.3, -0.25) is 0 Å². The second kappa shape index (κ2) is 4.45. The van der Waals surface area contributed by atoms with Gasteiger partial charge in [-0.1, -0.05) is 77.1 Å². The lowest BCUT2D eigenvalue weighted by Crippen LogP contribution is -1.78. The molecule has 0 aliphatic carbocycles. The maximum atomic E-state index is 3.84. The number of hydrogen-bond donors (Lipinski definition) is 0. The highest BCUT2D eigenvalue weighted by molar-refractivity contribution is 9.15. The fourth-order valence-corrected chi connectivity index (χ4v) is 1.74. The van der Waals surface area contributed by atoms with Crippen LogP contribution in [-0.2, 0) is 0 Å². The summed E-state index contributed by atoms with van der Waals surface area (Å²) in [7, 11) is 0. The van der Waals surface area contributed by atoms with Gasteiger partial charge in [-0.05, 0) is 16.7 Å². The molecule has 15 heavy (non-hydrogen) atoms. The lowest BCUT2D eigenvalue weighted by molar-refractivity contribution is 1.60. The molecule has 2 aromatic carbocycles. The molecular weight excluding hydrogens is 248 g/mol. The monoisotopic (exact) mass is 258 g/mol. The molecule has 0 nitrogen and oxygen atoms in total. The average molecular weight is 259 g/mol. The van der Waals surface area contributed by atoms with Crippen LogP contribution in [0.3, 0.4) is 0 Å². The lowest BCUT2D eigenvalue weighted by Gasteiger charge is -2.02. The molecule has 2 aromatic rings. The van der Waals surface area contributed by atoms with Crippen molar-refractivity contribution in [3.05, 3.63) is 66.7 Å². The van der Waals surface area contributed by atoms with Crippen molar-refractivity contribution in [1.82, 2.24) is 0 Å². The third-order valence-corrected chi connectivity index (χ3v) is 2.76. The van der Waals surface area contributed by atoms with Gasteiger partial charge in [-0.2, -0.15) is 0 Å². The predicted octanol–water partition coefficient (Wildman–Crippen LogP) is 4.72. The molecule has 0 saturated heterocycles. The third kappa shape index (κ3) is 2.37. The van der Waals surface area contributed by atoms with Crippen molar-refractivity contribution in [1.29, 1.82) is 0 Å². The van der Waals surface area contributed by atoms with Gasteiger partial charge < -0.3 is 0 Å². The van der Waals surface area contributed by atoms with E-state index in [1.54, 1.807) is 0 Å². The predicted molar refractivity (Wildman–Crippen MR) is 69.8 cm³/mol. The van der Waals surface area contributed by atoms with Crippen LogP contribution in [-0.4, -0.2) is 0 Å². The van der Waals surface area contributed by atoms with Crippen molar-refractivity contribution in [3.8, 4) is 11.1 Å². The van der Waals surface area contributed by atoms with Crippen molar-refractivity contribution < 1.29 is 0 Å². The zero-order valence-electron chi connectivity index (χ0n) is 8.28. The molecule has 74 valence electrons. The molecule has 0 spiro atoms. The van der Waals surface area contributed by atoms with Gasteiger partial charge in [0.05, 0.1) is 0 Å². The van der Waals surface area contributed by atoms with Crippen LogP contribution in [0.15, 0.2) is 61.2 Å². The number of halogens is 1. The average Bonchev–Trinajstić information content (AvgIpc) is 2.30. The Hall–Kier alpha value is -1.34. The molecule has 0 radical (unpaired) electrons. The van der Waals surface area contributed by atoms with E-state index in [0.717, 1.165) is 10.0 Å². The Balaban J connectivity index is 2.36. The van der Waals surface area contributed by atoms with Gasteiger partial charge in [-0.15, -0.1) is 0 Å². The number of rotatable bonds is 2. The second-order valence-corrected chi connectivity index (χ2v) is 4.31. The molecule has 0 amide bonds. The van der Waals surface area contributed by atoms with Crippen LogP contribution in [0.4, 0.5) is 0 Å². The molecule has 0 heterocycles. The van der Waals surface area contributed by atoms with Gasteiger partial charge in [0.2, 0.25) is 0 Å². The van der Waals surface area contributed by atoms with Crippen molar-refractivity contribution in [2.45, 2.75) is 0 Å². The van der Waals surface area contributed by atoms with Gasteiger partial charge in [0.15, 0.2) is 0 Å². The molecule has 2 rings (SSSR count). The molecular formula is C14H11Br. The van der Waals surface area contributed by atoms with E-state index >= 15 is 0 Å².